The maximum atomic E-state index is 13.3. The van der Waals surface area contributed by atoms with Gasteiger partial charge in [0.05, 0.1) is 28.6 Å². The van der Waals surface area contributed by atoms with Gasteiger partial charge in [-0.1, -0.05) is 23.1 Å². The number of fused-ring (bicyclic) bond motifs is 1. The second-order valence-corrected chi connectivity index (χ2v) is 9.05. The first kappa shape index (κ1) is 21.7. The van der Waals surface area contributed by atoms with Crippen LogP contribution in [0.4, 0.5) is 9.52 Å². The van der Waals surface area contributed by atoms with Crippen molar-refractivity contribution in [2.24, 2.45) is 5.73 Å². The molecule has 9 nitrogen and oxygen atoms in total. The number of nitrogens with zero attached hydrogens (tertiary/aromatic N) is 4. The number of benzene rings is 1. The molecule has 164 valence electrons. The van der Waals surface area contributed by atoms with E-state index in [-0.39, 0.29) is 30.0 Å². The molecule has 1 aliphatic rings. The van der Waals surface area contributed by atoms with Crippen molar-refractivity contribution in [2.45, 2.75) is 43.5 Å². The number of nitrogens with one attached hydrogen (secondary N) is 1. The summed E-state index contributed by atoms with van der Waals surface area (Å²) < 4.78 is 21.6. The normalized spacial score (nSPS) is 16.1. The average Bonchev–Trinajstić information content (AvgIpc) is 3.45. The van der Waals surface area contributed by atoms with Crippen LogP contribution in [0.25, 0.3) is 10.2 Å². The molecule has 3 aromatic rings. The highest BCUT2D eigenvalue weighted by Gasteiger charge is 2.22. The van der Waals surface area contributed by atoms with E-state index in [1.165, 1.54) is 35.2 Å². The van der Waals surface area contributed by atoms with Crippen molar-refractivity contribution in [3.8, 4) is 0 Å². The second kappa shape index (κ2) is 9.71. The molecule has 3 N–H and O–H groups in total. The zero-order valence-corrected chi connectivity index (χ0v) is 18.2. The van der Waals surface area contributed by atoms with Gasteiger partial charge in [0.15, 0.2) is 10.3 Å². The van der Waals surface area contributed by atoms with Crippen LogP contribution in [0.3, 0.4) is 0 Å². The molecule has 0 radical (unpaired) electrons. The fourth-order valence-corrected chi connectivity index (χ4v) is 4.93. The molecule has 0 saturated carbocycles. The largest absolute Gasteiger partial charge is 0.376 e. The third-order valence-corrected chi connectivity index (χ3v) is 6.63. The van der Waals surface area contributed by atoms with Gasteiger partial charge in [-0.05, 0) is 31.0 Å². The maximum absolute atomic E-state index is 13.3. The summed E-state index contributed by atoms with van der Waals surface area (Å²) in [6, 6.07) is 4.30. The van der Waals surface area contributed by atoms with Crippen LogP contribution in [0.1, 0.15) is 25.1 Å². The number of halogens is 1. The summed E-state index contributed by atoms with van der Waals surface area (Å²) in [7, 11) is 0. The summed E-state index contributed by atoms with van der Waals surface area (Å²) >= 11 is 2.46. The van der Waals surface area contributed by atoms with E-state index in [9.17, 15) is 14.0 Å². The van der Waals surface area contributed by atoms with E-state index in [1.807, 2.05) is 4.57 Å². The Hall–Kier alpha value is -2.57. The summed E-state index contributed by atoms with van der Waals surface area (Å²) in [6.07, 6.45) is 2.55. The average molecular weight is 465 g/mol. The number of carbonyl (C=O) groups excluding carboxylic acids is 2. The van der Waals surface area contributed by atoms with Crippen molar-refractivity contribution in [2.75, 3.05) is 17.7 Å². The number of ether oxygens (including phenoxy) is 1. The van der Waals surface area contributed by atoms with Crippen LogP contribution >= 0.6 is 23.1 Å². The smallest absolute Gasteiger partial charge is 0.236 e. The topological polar surface area (TPSA) is 125 Å². The summed E-state index contributed by atoms with van der Waals surface area (Å²) in [5, 5.41) is 12.1. The van der Waals surface area contributed by atoms with E-state index < -0.39 is 5.91 Å². The van der Waals surface area contributed by atoms with Gasteiger partial charge in [0, 0.05) is 19.4 Å². The number of anilines is 1. The molecule has 1 fully saturated rings. The Morgan fingerprint density at radius 3 is 3.03 bits per heavy atom. The fourth-order valence-electron chi connectivity index (χ4n) is 3.26. The Labute approximate surface area is 185 Å². The number of primary amides is 1. The van der Waals surface area contributed by atoms with E-state index in [0.717, 1.165) is 19.4 Å². The van der Waals surface area contributed by atoms with Crippen molar-refractivity contribution in [1.82, 2.24) is 19.7 Å². The first-order valence-corrected chi connectivity index (χ1v) is 11.6. The Bertz CT molecular complexity index is 1100. The van der Waals surface area contributed by atoms with Crippen LogP contribution < -0.4 is 11.1 Å². The van der Waals surface area contributed by atoms with Crippen LogP contribution in [0.5, 0.6) is 0 Å². The van der Waals surface area contributed by atoms with Gasteiger partial charge in [-0.15, -0.1) is 10.2 Å². The monoisotopic (exact) mass is 464 g/mol. The summed E-state index contributed by atoms with van der Waals surface area (Å²) in [4.78, 5) is 27.9. The second-order valence-electron chi connectivity index (χ2n) is 7.08. The van der Waals surface area contributed by atoms with E-state index in [0.29, 0.717) is 39.3 Å². The zero-order chi connectivity index (χ0) is 21.8. The van der Waals surface area contributed by atoms with Crippen molar-refractivity contribution in [3.05, 3.63) is 29.8 Å². The molecule has 12 heteroatoms. The lowest BCUT2D eigenvalue weighted by atomic mass is 10.2. The lowest BCUT2D eigenvalue weighted by molar-refractivity contribution is -0.118. The van der Waals surface area contributed by atoms with Crippen molar-refractivity contribution < 1.29 is 18.7 Å². The van der Waals surface area contributed by atoms with Gasteiger partial charge in [-0.2, -0.15) is 0 Å². The lowest BCUT2D eigenvalue weighted by Crippen LogP contribution is -2.20. The summed E-state index contributed by atoms with van der Waals surface area (Å²) in [6.45, 7) is 1.29. The number of thioether (sulfide) groups is 1. The number of rotatable bonds is 9. The van der Waals surface area contributed by atoms with Crippen molar-refractivity contribution in [3.63, 3.8) is 0 Å². The molecule has 1 unspecified atom stereocenters. The number of aryl methyl sites for hydroxylation is 1. The quantitative estimate of drug-likeness (QED) is 0.466. The number of nitrogens with two attached hydrogens (primary N) is 1. The van der Waals surface area contributed by atoms with Crippen LogP contribution in [0.2, 0.25) is 0 Å². The Morgan fingerprint density at radius 2 is 2.26 bits per heavy atom. The molecule has 2 amide bonds. The Balaban J connectivity index is 1.41. The highest BCUT2D eigenvalue weighted by molar-refractivity contribution is 7.99. The van der Waals surface area contributed by atoms with E-state index in [2.05, 4.69) is 20.5 Å². The zero-order valence-electron chi connectivity index (χ0n) is 16.5. The molecular weight excluding hydrogens is 443 g/mol. The molecule has 0 bridgehead atoms. The van der Waals surface area contributed by atoms with Crippen molar-refractivity contribution >= 4 is 50.3 Å². The SMILES string of the molecule is NC(=O)CCc1nnc(SCC(=O)Nc2nc3ccc(F)cc3s2)n1CC1CCCO1. The number of carbonyl (C=O) groups is 2. The van der Waals surface area contributed by atoms with Crippen LogP contribution in [0, 0.1) is 5.82 Å². The number of thiazole rings is 1. The first-order chi connectivity index (χ1) is 15.0. The molecule has 1 atom stereocenters. The minimum Gasteiger partial charge on any atom is -0.376 e. The molecule has 1 aromatic carbocycles. The minimum atomic E-state index is -0.407. The Morgan fingerprint density at radius 1 is 1.39 bits per heavy atom. The molecule has 1 aliphatic heterocycles. The highest BCUT2D eigenvalue weighted by atomic mass is 32.2. The number of hydrogen-bond acceptors (Lipinski definition) is 8. The molecule has 31 heavy (non-hydrogen) atoms. The van der Waals surface area contributed by atoms with Gasteiger partial charge in [0.25, 0.3) is 0 Å². The molecule has 2 aromatic heterocycles. The van der Waals surface area contributed by atoms with Gasteiger partial charge in [0.2, 0.25) is 11.8 Å². The van der Waals surface area contributed by atoms with Crippen LogP contribution in [-0.2, 0) is 27.3 Å². The van der Waals surface area contributed by atoms with Gasteiger partial charge in [0.1, 0.15) is 11.6 Å². The highest BCUT2D eigenvalue weighted by Crippen LogP contribution is 2.27. The summed E-state index contributed by atoms with van der Waals surface area (Å²) in [5.41, 5.74) is 5.89. The number of aromatic nitrogens is 4. The van der Waals surface area contributed by atoms with Crippen LogP contribution in [-0.4, -0.2) is 50.0 Å². The molecule has 0 spiro atoms. The predicted molar refractivity (Wildman–Crippen MR) is 115 cm³/mol. The lowest BCUT2D eigenvalue weighted by Gasteiger charge is -2.14. The maximum Gasteiger partial charge on any atom is 0.236 e. The molecular formula is C19H21FN6O3S2. The third kappa shape index (κ3) is 5.57. The van der Waals surface area contributed by atoms with Gasteiger partial charge < -0.3 is 20.4 Å². The van der Waals surface area contributed by atoms with E-state index >= 15 is 0 Å². The number of amides is 2. The molecule has 0 aliphatic carbocycles. The summed E-state index contributed by atoms with van der Waals surface area (Å²) in [5.74, 6) is -0.261. The fraction of sp³-hybridized carbons (Fsp3) is 0.421. The minimum absolute atomic E-state index is 0.0552. The van der Waals surface area contributed by atoms with Gasteiger partial charge >= 0.3 is 0 Å². The number of hydrogen-bond donors (Lipinski definition) is 2. The third-order valence-electron chi connectivity index (χ3n) is 4.73. The van der Waals surface area contributed by atoms with E-state index in [1.54, 1.807) is 6.07 Å². The van der Waals surface area contributed by atoms with Crippen molar-refractivity contribution in [1.29, 1.82) is 0 Å². The standard InChI is InChI=1S/C19H21FN6O3S2/c20-11-3-4-13-14(8-11)31-18(22-13)23-17(28)10-30-19-25-24-16(6-5-15(21)27)26(19)9-12-2-1-7-29-12/h3-4,8,12H,1-2,5-7,9-10H2,(H2,21,27)(H,22,23,28). The van der Waals surface area contributed by atoms with E-state index in [4.69, 9.17) is 10.5 Å². The van der Waals surface area contributed by atoms with Crippen LogP contribution in [0.15, 0.2) is 23.4 Å². The molecule has 4 rings (SSSR count). The first-order valence-electron chi connectivity index (χ1n) is 9.78. The predicted octanol–water partition coefficient (Wildman–Crippen LogP) is 2.35. The Kier molecular flexibility index (Phi) is 6.78. The molecule has 3 heterocycles. The van der Waals surface area contributed by atoms with Gasteiger partial charge in [-0.3, -0.25) is 9.59 Å². The van der Waals surface area contributed by atoms with Gasteiger partial charge in [-0.25, -0.2) is 9.37 Å². The molecule has 1 saturated heterocycles.